The van der Waals surface area contributed by atoms with E-state index in [1.165, 1.54) is 4.88 Å². The van der Waals surface area contributed by atoms with Gasteiger partial charge >= 0.3 is 0 Å². The number of rotatable bonds is 7. The molecule has 1 aromatic rings. The molecule has 1 aliphatic rings. The van der Waals surface area contributed by atoms with Gasteiger partial charge in [0, 0.05) is 24.6 Å². The molecule has 0 radical (unpaired) electrons. The van der Waals surface area contributed by atoms with Crippen molar-refractivity contribution in [2.75, 3.05) is 40.3 Å². The van der Waals surface area contributed by atoms with Gasteiger partial charge in [0.25, 0.3) is 0 Å². The van der Waals surface area contributed by atoms with Crippen LogP contribution in [0.25, 0.3) is 0 Å². The Bertz CT molecular complexity index is 481. The van der Waals surface area contributed by atoms with E-state index in [-0.39, 0.29) is 5.60 Å². The molecule has 0 saturated carbocycles. The van der Waals surface area contributed by atoms with Crippen LogP contribution in [0, 0.1) is 0 Å². The first-order valence-corrected chi connectivity index (χ1v) is 9.28. The van der Waals surface area contributed by atoms with Gasteiger partial charge in [-0.2, -0.15) is 0 Å². The third-order valence-corrected chi connectivity index (χ3v) is 5.15. The molecule has 1 fully saturated rings. The van der Waals surface area contributed by atoms with Gasteiger partial charge in [-0.25, -0.2) is 0 Å². The molecule has 2 rings (SSSR count). The Balaban J connectivity index is 1.95. The van der Waals surface area contributed by atoms with Crippen LogP contribution in [0.15, 0.2) is 22.5 Å². The molecule has 0 bridgehead atoms. The molecule has 1 aliphatic heterocycles. The molecule has 1 saturated heterocycles. The largest absolute Gasteiger partial charge is 0.373 e. The zero-order valence-corrected chi connectivity index (χ0v) is 15.6. The molecule has 6 heteroatoms. The first-order valence-electron chi connectivity index (χ1n) is 8.40. The number of guanidine groups is 1. The summed E-state index contributed by atoms with van der Waals surface area (Å²) in [6.45, 7) is 7.49. The lowest BCUT2D eigenvalue weighted by Crippen LogP contribution is -2.42. The van der Waals surface area contributed by atoms with Crippen LogP contribution in [0.3, 0.4) is 0 Å². The van der Waals surface area contributed by atoms with Crippen molar-refractivity contribution in [2.45, 2.75) is 38.3 Å². The molecule has 2 N–H and O–H groups in total. The van der Waals surface area contributed by atoms with Gasteiger partial charge in [0.15, 0.2) is 5.96 Å². The summed E-state index contributed by atoms with van der Waals surface area (Å²) in [5.41, 5.74) is -0.100. The molecular weight excluding hydrogens is 308 g/mol. The Kier molecular flexibility index (Phi) is 6.87. The lowest BCUT2D eigenvalue weighted by Gasteiger charge is -2.25. The van der Waals surface area contributed by atoms with E-state index in [1.807, 2.05) is 0 Å². The molecule has 5 nitrogen and oxygen atoms in total. The van der Waals surface area contributed by atoms with Crippen molar-refractivity contribution in [3.8, 4) is 0 Å². The van der Waals surface area contributed by atoms with Gasteiger partial charge in [-0.15, -0.1) is 11.3 Å². The van der Waals surface area contributed by atoms with Crippen molar-refractivity contribution >= 4 is 17.3 Å². The molecule has 2 heterocycles. The summed E-state index contributed by atoms with van der Waals surface area (Å²) in [7, 11) is 4.23. The summed E-state index contributed by atoms with van der Waals surface area (Å²) in [6, 6.07) is 4.64. The Morgan fingerprint density at radius 2 is 2.30 bits per heavy atom. The molecule has 1 aromatic heterocycles. The van der Waals surface area contributed by atoms with Gasteiger partial charge in [-0.1, -0.05) is 6.07 Å². The predicted molar refractivity (Wildman–Crippen MR) is 98.3 cm³/mol. The first-order chi connectivity index (χ1) is 11.0. The van der Waals surface area contributed by atoms with Crippen LogP contribution in [-0.4, -0.2) is 56.8 Å². The normalized spacial score (nSPS) is 23.3. The molecule has 23 heavy (non-hydrogen) atoms. The number of likely N-dealkylation sites (N-methyl/N-ethyl adjacent to an activating group) is 1. The molecule has 0 aliphatic carbocycles. The smallest absolute Gasteiger partial charge is 0.191 e. The first kappa shape index (κ1) is 18.2. The fourth-order valence-corrected chi connectivity index (χ4v) is 3.68. The molecule has 0 amide bonds. The average Bonchev–Trinajstić information content (AvgIpc) is 3.17. The van der Waals surface area contributed by atoms with Crippen LogP contribution < -0.4 is 10.6 Å². The van der Waals surface area contributed by atoms with E-state index >= 15 is 0 Å². The number of aliphatic imine (C=N–C) groups is 1. The maximum Gasteiger partial charge on any atom is 0.191 e. The van der Waals surface area contributed by atoms with Crippen LogP contribution in [0.2, 0.25) is 0 Å². The number of hydrogen-bond acceptors (Lipinski definition) is 4. The molecular formula is C17H30N4OS. The lowest BCUT2D eigenvalue weighted by atomic mass is 10.0. The van der Waals surface area contributed by atoms with Gasteiger partial charge in [0.05, 0.1) is 18.2 Å². The molecule has 0 spiro atoms. The minimum absolute atomic E-state index is 0.100. The third-order valence-electron chi connectivity index (χ3n) is 4.17. The van der Waals surface area contributed by atoms with E-state index in [4.69, 9.17) is 9.73 Å². The second kappa shape index (κ2) is 8.66. The Morgan fingerprint density at radius 1 is 1.48 bits per heavy atom. The second-order valence-corrected chi connectivity index (χ2v) is 7.45. The van der Waals surface area contributed by atoms with Crippen LogP contribution in [-0.2, 0) is 4.74 Å². The summed E-state index contributed by atoms with van der Waals surface area (Å²) in [6.07, 6.45) is 2.22. The van der Waals surface area contributed by atoms with E-state index in [9.17, 15) is 0 Å². The summed E-state index contributed by atoms with van der Waals surface area (Å²) in [5, 5.41) is 8.94. The van der Waals surface area contributed by atoms with Crippen molar-refractivity contribution in [1.29, 1.82) is 0 Å². The highest BCUT2D eigenvalue weighted by molar-refractivity contribution is 7.10. The SMILES string of the molecule is CCNC(=NCC1(C)CCCO1)NCC(c1cccs1)N(C)C. The average molecular weight is 339 g/mol. The monoisotopic (exact) mass is 338 g/mol. The molecule has 2 unspecified atom stereocenters. The van der Waals surface area contributed by atoms with E-state index in [2.05, 4.69) is 61.0 Å². The number of nitrogens with one attached hydrogen (secondary N) is 2. The Hall–Kier alpha value is -1.11. The summed E-state index contributed by atoms with van der Waals surface area (Å²) >= 11 is 1.80. The highest BCUT2D eigenvalue weighted by Crippen LogP contribution is 2.25. The van der Waals surface area contributed by atoms with E-state index in [0.29, 0.717) is 12.6 Å². The van der Waals surface area contributed by atoms with Crippen molar-refractivity contribution in [3.05, 3.63) is 22.4 Å². The van der Waals surface area contributed by atoms with Crippen LogP contribution in [0.5, 0.6) is 0 Å². The minimum Gasteiger partial charge on any atom is -0.373 e. The zero-order valence-electron chi connectivity index (χ0n) is 14.8. The van der Waals surface area contributed by atoms with Gasteiger partial charge in [0.1, 0.15) is 0 Å². The van der Waals surface area contributed by atoms with Gasteiger partial charge in [0.2, 0.25) is 0 Å². The number of thiophene rings is 1. The van der Waals surface area contributed by atoms with Crippen molar-refractivity contribution in [3.63, 3.8) is 0 Å². The van der Waals surface area contributed by atoms with Crippen LogP contribution in [0.1, 0.15) is 37.6 Å². The highest BCUT2D eigenvalue weighted by Gasteiger charge is 2.29. The van der Waals surface area contributed by atoms with Gasteiger partial charge in [-0.3, -0.25) is 4.99 Å². The van der Waals surface area contributed by atoms with E-state index in [0.717, 1.165) is 38.5 Å². The zero-order chi connectivity index (χ0) is 16.7. The topological polar surface area (TPSA) is 48.9 Å². The Labute approximate surface area is 144 Å². The van der Waals surface area contributed by atoms with Crippen LogP contribution in [0.4, 0.5) is 0 Å². The van der Waals surface area contributed by atoms with E-state index < -0.39 is 0 Å². The summed E-state index contributed by atoms with van der Waals surface area (Å²) < 4.78 is 5.82. The minimum atomic E-state index is -0.100. The lowest BCUT2D eigenvalue weighted by molar-refractivity contribution is 0.0283. The quantitative estimate of drug-likeness (QED) is 0.592. The predicted octanol–water partition coefficient (Wildman–Crippen LogP) is 2.48. The Morgan fingerprint density at radius 3 is 2.87 bits per heavy atom. The molecule has 130 valence electrons. The molecule has 2 atom stereocenters. The standard InChI is InChI=1S/C17H30N4OS/c1-5-18-16(20-13-17(2)9-7-10-22-17)19-12-14(21(3)4)15-8-6-11-23-15/h6,8,11,14H,5,7,9-10,12-13H2,1-4H3,(H2,18,19,20). The molecule has 0 aromatic carbocycles. The fraction of sp³-hybridized carbons (Fsp3) is 0.706. The van der Waals surface area contributed by atoms with Crippen LogP contribution >= 0.6 is 11.3 Å². The number of hydrogen-bond donors (Lipinski definition) is 2. The number of ether oxygens (including phenoxy) is 1. The van der Waals surface area contributed by atoms with Gasteiger partial charge < -0.3 is 20.3 Å². The number of nitrogens with zero attached hydrogens (tertiary/aromatic N) is 2. The van der Waals surface area contributed by atoms with Gasteiger partial charge in [-0.05, 0) is 52.2 Å². The second-order valence-electron chi connectivity index (χ2n) is 6.47. The highest BCUT2D eigenvalue weighted by atomic mass is 32.1. The fourth-order valence-electron chi connectivity index (χ4n) is 2.76. The van der Waals surface area contributed by atoms with Crippen molar-refractivity contribution in [1.82, 2.24) is 15.5 Å². The maximum atomic E-state index is 5.82. The summed E-state index contributed by atoms with van der Waals surface area (Å²) in [5.74, 6) is 0.868. The summed E-state index contributed by atoms with van der Waals surface area (Å²) in [4.78, 5) is 8.34. The van der Waals surface area contributed by atoms with E-state index in [1.54, 1.807) is 11.3 Å². The third kappa shape index (κ3) is 5.48. The van der Waals surface area contributed by atoms with Crippen molar-refractivity contribution in [2.24, 2.45) is 4.99 Å². The maximum absolute atomic E-state index is 5.82. The van der Waals surface area contributed by atoms with Crippen molar-refractivity contribution < 1.29 is 4.74 Å².